The standard InChI is InChI=1S/C18H26ClN/c1-20(2)12-11-17-13-3-5-14(6-4-13)18(17)15-7-9-16(19)10-8-15/h7-10,13-14,17-18H,3-6,11-12H2,1-2H3/t13?,14?,17-,18-/m1/s1. The maximum absolute atomic E-state index is 6.06. The van der Waals surface area contributed by atoms with Crippen LogP contribution in [0.15, 0.2) is 24.3 Å². The average molecular weight is 292 g/mol. The molecular weight excluding hydrogens is 266 g/mol. The van der Waals surface area contributed by atoms with E-state index in [0.717, 1.165) is 28.7 Å². The zero-order valence-electron chi connectivity index (χ0n) is 12.7. The minimum absolute atomic E-state index is 0.778. The summed E-state index contributed by atoms with van der Waals surface area (Å²) in [5.74, 6) is 3.53. The molecule has 0 amide bonds. The molecule has 3 saturated carbocycles. The van der Waals surface area contributed by atoms with Crippen molar-refractivity contribution >= 4 is 11.6 Å². The van der Waals surface area contributed by atoms with Gasteiger partial charge < -0.3 is 4.90 Å². The topological polar surface area (TPSA) is 3.24 Å². The van der Waals surface area contributed by atoms with E-state index in [9.17, 15) is 0 Å². The number of rotatable bonds is 4. The molecule has 0 saturated heterocycles. The van der Waals surface area contributed by atoms with Gasteiger partial charge >= 0.3 is 0 Å². The predicted octanol–water partition coefficient (Wildman–Crippen LogP) is 4.81. The molecule has 0 radical (unpaired) electrons. The minimum atomic E-state index is 0.778. The Hall–Kier alpha value is -0.530. The van der Waals surface area contributed by atoms with E-state index in [1.807, 2.05) is 0 Å². The van der Waals surface area contributed by atoms with Crippen LogP contribution in [0.3, 0.4) is 0 Å². The van der Waals surface area contributed by atoms with Gasteiger partial charge in [0.15, 0.2) is 0 Å². The summed E-state index contributed by atoms with van der Waals surface area (Å²) in [5.41, 5.74) is 1.53. The first-order valence-electron chi connectivity index (χ1n) is 8.05. The summed E-state index contributed by atoms with van der Waals surface area (Å²) in [7, 11) is 4.39. The molecule has 3 aliphatic carbocycles. The van der Waals surface area contributed by atoms with Gasteiger partial charge in [0.05, 0.1) is 0 Å². The van der Waals surface area contributed by atoms with E-state index >= 15 is 0 Å². The second-order valence-corrected chi connectivity index (χ2v) is 7.44. The number of hydrogen-bond donors (Lipinski definition) is 0. The second kappa shape index (κ2) is 6.07. The second-order valence-electron chi connectivity index (χ2n) is 7.01. The highest BCUT2D eigenvalue weighted by molar-refractivity contribution is 6.30. The zero-order valence-corrected chi connectivity index (χ0v) is 13.4. The Morgan fingerprint density at radius 1 is 1.00 bits per heavy atom. The van der Waals surface area contributed by atoms with E-state index < -0.39 is 0 Å². The molecule has 0 heterocycles. The lowest BCUT2D eigenvalue weighted by atomic mass is 9.56. The van der Waals surface area contributed by atoms with Gasteiger partial charge in [0.2, 0.25) is 0 Å². The third kappa shape index (κ3) is 2.89. The van der Waals surface area contributed by atoms with Crippen LogP contribution in [-0.4, -0.2) is 25.5 Å². The molecule has 0 N–H and O–H groups in total. The molecule has 2 bridgehead atoms. The highest BCUT2D eigenvalue weighted by Crippen LogP contribution is 2.54. The fourth-order valence-corrected chi connectivity index (χ4v) is 4.73. The van der Waals surface area contributed by atoms with Crippen LogP contribution in [0, 0.1) is 17.8 Å². The molecule has 4 rings (SSSR count). The Bertz CT molecular complexity index is 431. The van der Waals surface area contributed by atoms with Gasteiger partial charge in [-0.1, -0.05) is 23.7 Å². The Balaban J connectivity index is 1.82. The third-order valence-electron chi connectivity index (χ3n) is 5.56. The van der Waals surface area contributed by atoms with Crippen LogP contribution in [0.2, 0.25) is 5.02 Å². The summed E-state index contributed by atoms with van der Waals surface area (Å²) in [6.07, 6.45) is 7.16. The molecule has 1 aromatic rings. The molecule has 0 spiro atoms. The van der Waals surface area contributed by atoms with Crippen molar-refractivity contribution in [1.29, 1.82) is 0 Å². The molecule has 20 heavy (non-hydrogen) atoms. The van der Waals surface area contributed by atoms with Crippen LogP contribution >= 0.6 is 11.6 Å². The van der Waals surface area contributed by atoms with E-state index in [0.29, 0.717) is 0 Å². The first-order valence-corrected chi connectivity index (χ1v) is 8.43. The van der Waals surface area contributed by atoms with Gasteiger partial charge in [-0.2, -0.15) is 0 Å². The summed E-state index contributed by atoms with van der Waals surface area (Å²) < 4.78 is 0. The monoisotopic (exact) mass is 291 g/mol. The van der Waals surface area contributed by atoms with Crippen LogP contribution < -0.4 is 0 Å². The fourth-order valence-electron chi connectivity index (χ4n) is 4.60. The van der Waals surface area contributed by atoms with Crippen LogP contribution in [0.4, 0.5) is 0 Å². The predicted molar refractivity (Wildman–Crippen MR) is 86.3 cm³/mol. The first kappa shape index (κ1) is 14.4. The van der Waals surface area contributed by atoms with Gasteiger partial charge in [-0.3, -0.25) is 0 Å². The SMILES string of the molecule is CN(C)CC[C@@H]1C2CCC(CC2)[C@@H]1c1ccc(Cl)cc1. The van der Waals surface area contributed by atoms with E-state index in [1.54, 1.807) is 0 Å². The summed E-state index contributed by atoms with van der Waals surface area (Å²) in [4.78, 5) is 2.33. The van der Waals surface area contributed by atoms with E-state index in [-0.39, 0.29) is 0 Å². The molecule has 1 nitrogen and oxygen atoms in total. The largest absolute Gasteiger partial charge is 0.309 e. The van der Waals surface area contributed by atoms with E-state index in [2.05, 4.69) is 43.3 Å². The lowest BCUT2D eigenvalue weighted by Crippen LogP contribution is -2.39. The molecular formula is C18H26ClN. The van der Waals surface area contributed by atoms with Crippen LogP contribution in [0.1, 0.15) is 43.6 Å². The molecule has 1 aromatic carbocycles. The lowest BCUT2D eigenvalue weighted by Gasteiger charge is -2.49. The fraction of sp³-hybridized carbons (Fsp3) is 0.667. The highest BCUT2D eigenvalue weighted by atomic mass is 35.5. The van der Waals surface area contributed by atoms with Crippen molar-refractivity contribution in [2.24, 2.45) is 17.8 Å². The van der Waals surface area contributed by atoms with Crippen LogP contribution in [0.25, 0.3) is 0 Å². The molecule has 0 aliphatic heterocycles. The average Bonchev–Trinajstić information content (AvgIpc) is 2.47. The van der Waals surface area contributed by atoms with Crippen molar-refractivity contribution in [2.45, 2.75) is 38.0 Å². The molecule has 3 fully saturated rings. The molecule has 2 heteroatoms. The minimum Gasteiger partial charge on any atom is -0.309 e. The number of fused-ring (bicyclic) bond motifs is 3. The molecule has 2 atom stereocenters. The number of halogens is 1. The quantitative estimate of drug-likeness (QED) is 0.769. The van der Waals surface area contributed by atoms with Gasteiger partial charge in [0.1, 0.15) is 0 Å². The summed E-state index contributed by atoms with van der Waals surface area (Å²) in [6.45, 7) is 1.22. The molecule has 110 valence electrons. The van der Waals surface area contributed by atoms with Crippen molar-refractivity contribution in [3.63, 3.8) is 0 Å². The van der Waals surface area contributed by atoms with Crippen molar-refractivity contribution in [1.82, 2.24) is 4.90 Å². The summed E-state index contributed by atoms with van der Waals surface area (Å²) in [6, 6.07) is 8.69. The van der Waals surface area contributed by atoms with Gasteiger partial charge in [-0.25, -0.2) is 0 Å². The maximum Gasteiger partial charge on any atom is 0.0406 e. The van der Waals surface area contributed by atoms with Gasteiger partial charge in [-0.05, 0) is 94.1 Å². The van der Waals surface area contributed by atoms with Crippen molar-refractivity contribution < 1.29 is 0 Å². The normalized spacial score (nSPS) is 32.8. The number of nitrogens with zero attached hydrogens (tertiary/aromatic N) is 1. The first-order chi connectivity index (χ1) is 9.65. The molecule has 0 unspecified atom stereocenters. The number of benzene rings is 1. The van der Waals surface area contributed by atoms with Gasteiger partial charge in [0.25, 0.3) is 0 Å². The van der Waals surface area contributed by atoms with Crippen LogP contribution in [0.5, 0.6) is 0 Å². The van der Waals surface area contributed by atoms with Crippen LogP contribution in [-0.2, 0) is 0 Å². The molecule has 0 aromatic heterocycles. The smallest absolute Gasteiger partial charge is 0.0406 e. The Labute approximate surface area is 128 Å². The molecule has 3 aliphatic rings. The van der Waals surface area contributed by atoms with Crippen molar-refractivity contribution in [3.05, 3.63) is 34.9 Å². The van der Waals surface area contributed by atoms with Gasteiger partial charge in [-0.15, -0.1) is 0 Å². The Morgan fingerprint density at radius 2 is 1.60 bits per heavy atom. The lowest BCUT2D eigenvalue weighted by molar-refractivity contribution is 0.0577. The van der Waals surface area contributed by atoms with Gasteiger partial charge in [0, 0.05) is 5.02 Å². The Morgan fingerprint density at radius 3 is 2.20 bits per heavy atom. The van der Waals surface area contributed by atoms with E-state index in [4.69, 9.17) is 11.6 Å². The summed E-state index contributed by atoms with van der Waals surface area (Å²) in [5, 5.41) is 0.861. The third-order valence-corrected chi connectivity index (χ3v) is 5.81. The summed E-state index contributed by atoms with van der Waals surface area (Å²) >= 11 is 6.06. The van der Waals surface area contributed by atoms with E-state index in [1.165, 1.54) is 44.2 Å². The zero-order chi connectivity index (χ0) is 14.1. The van der Waals surface area contributed by atoms with Crippen molar-refractivity contribution in [2.75, 3.05) is 20.6 Å². The number of hydrogen-bond acceptors (Lipinski definition) is 1. The highest BCUT2D eigenvalue weighted by Gasteiger charge is 2.43. The van der Waals surface area contributed by atoms with Crippen molar-refractivity contribution in [3.8, 4) is 0 Å². The Kier molecular flexibility index (Phi) is 4.37. The maximum atomic E-state index is 6.06.